The molecule has 7 aromatic carbocycles. The number of benzene rings is 7. The highest BCUT2D eigenvalue weighted by atomic mass is 16.3. The molecule has 0 aliphatic heterocycles. The van der Waals surface area contributed by atoms with Crippen molar-refractivity contribution in [2.75, 3.05) is 0 Å². The fraction of sp³-hybridized carbons (Fsp3) is 0.0426. The molecule has 0 unspecified atom stereocenters. The van der Waals surface area contributed by atoms with Crippen LogP contribution in [0.1, 0.15) is 18.7 Å². The van der Waals surface area contributed by atoms with E-state index in [9.17, 15) is 0 Å². The molecule has 0 radical (unpaired) electrons. The van der Waals surface area contributed by atoms with Crippen LogP contribution in [0.15, 0.2) is 168 Å². The lowest BCUT2D eigenvalue weighted by molar-refractivity contribution is 0.670. The lowest BCUT2D eigenvalue weighted by Crippen LogP contribution is -2.03. The molecule has 10 rings (SSSR count). The van der Waals surface area contributed by atoms with E-state index in [1.165, 1.54) is 27.3 Å². The summed E-state index contributed by atoms with van der Waals surface area (Å²) in [7, 11) is 0. The monoisotopic (exact) mass is 653 g/mol. The molecule has 0 saturated heterocycles. The van der Waals surface area contributed by atoms with Gasteiger partial charge in [0, 0.05) is 33.0 Å². The van der Waals surface area contributed by atoms with Crippen molar-refractivity contribution in [2.24, 2.45) is 0 Å². The first-order valence-electron chi connectivity index (χ1n) is 17.4. The average molecular weight is 654 g/mol. The third kappa shape index (κ3) is 5.12. The summed E-state index contributed by atoms with van der Waals surface area (Å²) in [6.45, 7) is 0. The molecule has 51 heavy (non-hydrogen) atoms. The predicted molar refractivity (Wildman–Crippen MR) is 210 cm³/mol. The van der Waals surface area contributed by atoms with E-state index in [1.54, 1.807) is 0 Å². The van der Waals surface area contributed by atoms with E-state index < -0.39 is 0 Å². The van der Waals surface area contributed by atoms with Crippen molar-refractivity contribution in [1.29, 1.82) is 0 Å². The number of aromatic nitrogens is 3. The van der Waals surface area contributed by atoms with Gasteiger partial charge in [0.15, 0.2) is 17.5 Å². The molecule has 1 aliphatic rings. The van der Waals surface area contributed by atoms with Crippen molar-refractivity contribution in [1.82, 2.24) is 15.0 Å². The topological polar surface area (TPSA) is 51.8 Å². The molecule has 0 atom stereocenters. The minimum absolute atomic E-state index is 0.626. The van der Waals surface area contributed by atoms with Crippen LogP contribution >= 0.6 is 0 Å². The van der Waals surface area contributed by atoms with Gasteiger partial charge in [-0.25, -0.2) is 15.0 Å². The highest BCUT2D eigenvalue weighted by Crippen LogP contribution is 2.41. The van der Waals surface area contributed by atoms with Gasteiger partial charge in [-0.15, -0.1) is 0 Å². The Labute approximate surface area is 295 Å². The summed E-state index contributed by atoms with van der Waals surface area (Å²) >= 11 is 0. The number of nitrogens with zero attached hydrogens (tertiary/aromatic N) is 3. The summed E-state index contributed by atoms with van der Waals surface area (Å²) in [5.74, 6) is 1.95. The highest BCUT2D eigenvalue weighted by Gasteiger charge is 2.20. The van der Waals surface area contributed by atoms with E-state index in [4.69, 9.17) is 19.4 Å². The van der Waals surface area contributed by atoms with Gasteiger partial charge in [-0.05, 0) is 63.2 Å². The Balaban J connectivity index is 1.11. The van der Waals surface area contributed by atoms with E-state index in [-0.39, 0.29) is 0 Å². The van der Waals surface area contributed by atoms with Crippen molar-refractivity contribution in [2.45, 2.75) is 12.8 Å². The number of allylic oxidation sites excluding steroid dienone is 4. The van der Waals surface area contributed by atoms with Crippen LogP contribution in [0.25, 0.3) is 94.1 Å². The van der Waals surface area contributed by atoms with Crippen molar-refractivity contribution >= 4 is 49.1 Å². The van der Waals surface area contributed by atoms with Crippen molar-refractivity contribution in [3.8, 4) is 45.0 Å². The van der Waals surface area contributed by atoms with Crippen molar-refractivity contribution in [3.63, 3.8) is 0 Å². The van der Waals surface area contributed by atoms with Gasteiger partial charge in [-0.1, -0.05) is 152 Å². The second-order valence-corrected chi connectivity index (χ2v) is 13.1. The predicted octanol–water partition coefficient (Wildman–Crippen LogP) is 12.5. The highest BCUT2D eigenvalue weighted by molar-refractivity contribution is 6.15. The zero-order valence-corrected chi connectivity index (χ0v) is 27.8. The maximum atomic E-state index is 6.69. The average Bonchev–Trinajstić information content (AvgIpc) is 3.60. The lowest BCUT2D eigenvalue weighted by atomic mass is 9.95. The molecule has 4 nitrogen and oxygen atoms in total. The van der Waals surface area contributed by atoms with Crippen molar-refractivity contribution < 1.29 is 4.42 Å². The minimum atomic E-state index is 0.626. The molecule has 0 saturated carbocycles. The number of para-hydroxylation sites is 1. The first kappa shape index (κ1) is 29.3. The van der Waals surface area contributed by atoms with Gasteiger partial charge in [0.25, 0.3) is 0 Å². The van der Waals surface area contributed by atoms with Crippen LogP contribution in [-0.4, -0.2) is 15.0 Å². The third-order valence-corrected chi connectivity index (χ3v) is 9.96. The Morgan fingerprint density at radius 3 is 1.96 bits per heavy atom. The molecule has 240 valence electrons. The third-order valence-electron chi connectivity index (χ3n) is 9.96. The molecular formula is C47H31N3O. The summed E-state index contributed by atoms with van der Waals surface area (Å²) in [6, 6.07) is 51.1. The molecule has 0 fully saturated rings. The Kier molecular flexibility index (Phi) is 6.91. The minimum Gasteiger partial charge on any atom is -0.455 e. The normalized spacial score (nSPS) is 13.0. The second-order valence-electron chi connectivity index (χ2n) is 13.1. The Hall–Kier alpha value is -6.65. The van der Waals surface area contributed by atoms with Crippen LogP contribution < -0.4 is 0 Å². The molecule has 9 aromatic rings. The standard InChI is InChI=1S/C47H31N3O/c1-2-13-34(14-3-1)45-48-46(36-28-23-30-11-4-5-15-35(30)29-36)50-47(49-45)41-21-10-22-42-43(41)40-20-9-19-39(44(40)51-42)33-26-24-32(25-27-33)38-18-8-16-31-12-6-7-17-37(31)38/h2,4-29H,1,3H2. The van der Waals surface area contributed by atoms with Crippen molar-refractivity contribution in [3.05, 3.63) is 170 Å². The fourth-order valence-electron chi connectivity index (χ4n) is 7.43. The Morgan fingerprint density at radius 2 is 1.10 bits per heavy atom. The van der Waals surface area contributed by atoms with Crippen LogP contribution in [0.3, 0.4) is 0 Å². The summed E-state index contributed by atoms with van der Waals surface area (Å²) < 4.78 is 6.69. The molecule has 0 N–H and O–H groups in total. The fourth-order valence-corrected chi connectivity index (χ4v) is 7.43. The number of fused-ring (bicyclic) bond motifs is 5. The number of rotatable bonds is 5. The van der Waals surface area contributed by atoms with Crippen LogP contribution in [0, 0.1) is 0 Å². The maximum absolute atomic E-state index is 6.69. The Morgan fingerprint density at radius 1 is 0.451 bits per heavy atom. The molecule has 0 amide bonds. The number of furan rings is 1. The van der Waals surface area contributed by atoms with Gasteiger partial charge >= 0.3 is 0 Å². The number of hydrogen-bond donors (Lipinski definition) is 0. The molecule has 0 bridgehead atoms. The van der Waals surface area contributed by atoms with Gasteiger partial charge in [0.05, 0.1) is 0 Å². The molecule has 2 heterocycles. The zero-order chi connectivity index (χ0) is 33.7. The van der Waals surface area contributed by atoms with E-state index in [0.29, 0.717) is 17.5 Å². The molecular weight excluding hydrogens is 623 g/mol. The van der Waals surface area contributed by atoms with Crippen LogP contribution in [0.2, 0.25) is 0 Å². The SMILES string of the molecule is C1=CC(c2nc(-c3ccc4ccccc4c3)nc(-c3cccc4oc5c(-c6ccc(-c7cccc8ccccc78)cc6)cccc5c34)n2)=CCC1. The first-order chi connectivity index (χ1) is 25.3. The zero-order valence-electron chi connectivity index (χ0n) is 27.8. The second kappa shape index (κ2) is 12.0. The lowest BCUT2D eigenvalue weighted by Gasteiger charge is -2.11. The molecule has 4 heteroatoms. The molecule has 0 spiro atoms. The van der Waals surface area contributed by atoms with Crippen LogP contribution in [0.5, 0.6) is 0 Å². The van der Waals surface area contributed by atoms with Gasteiger partial charge in [0.1, 0.15) is 11.2 Å². The van der Waals surface area contributed by atoms with Gasteiger partial charge < -0.3 is 4.42 Å². The summed E-state index contributed by atoms with van der Waals surface area (Å²) in [5, 5.41) is 6.85. The van der Waals surface area contributed by atoms with Crippen LogP contribution in [-0.2, 0) is 0 Å². The smallest absolute Gasteiger partial charge is 0.164 e. The van der Waals surface area contributed by atoms with Gasteiger partial charge in [-0.3, -0.25) is 0 Å². The van der Waals surface area contributed by atoms with E-state index >= 15 is 0 Å². The first-order valence-corrected chi connectivity index (χ1v) is 17.4. The maximum Gasteiger partial charge on any atom is 0.164 e. The van der Waals surface area contributed by atoms with E-state index in [0.717, 1.165) is 68.0 Å². The largest absolute Gasteiger partial charge is 0.455 e. The van der Waals surface area contributed by atoms with Gasteiger partial charge in [0.2, 0.25) is 0 Å². The number of hydrogen-bond acceptors (Lipinski definition) is 4. The summed E-state index contributed by atoms with van der Waals surface area (Å²) in [5.41, 5.74) is 9.10. The summed E-state index contributed by atoms with van der Waals surface area (Å²) in [4.78, 5) is 15.3. The molecule has 2 aromatic heterocycles. The van der Waals surface area contributed by atoms with Crippen LogP contribution in [0.4, 0.5) is 0 Å². The Bertz CT molecular complexity index is 2860. The quantitative estimate of drug-likeness (QED) is 0.185. The molecule has 1 aliphatic carbocycles. The van der Waals surface area contributed by atoms with Gasteiger partial charge in [-0.2, -0.15) is 0 Å². The van der Waals surface area contributed by atoms with E-state index in [1.807, 2.05) is 12.1 Å². The van der Waals surface area contributed by atoms with E-state index in [2.05, 4.69) is 152 Å². The summed E-state index contributed by atoms with van der Waals surface area (Å²) in [6.07, 6.45) is 8.52.